The number of benzene rings is 1. The van der Waals surface area contributed by atoms with Crippen LogP contribution in [-0.4, -0.2) is 38.6 Å². The Kier molecular flexibility index (Phi) is 3.41. The van der Waals surface area contributed by atoms with Crippen LogP contribution in [0, 0.1) is 0 Å². The number of aliphatic hydroxyl groups is 2. The second kappa shape index (κ2) is 4.92. The van der Waals surface area contributed by atoms with Crippen LogP contribution in [-0.2, 0) is 4.74 Å². The van der Waals surface area contributed by atoms with Gasteiger partial charge in [0.2, 0.25) is 0 Å². The largest absolute Gasteiger partial charge is 0.390 e. The summed E-state index contributed by atoms with van der Waals surface area (Å²) in [4.78, 5) is 4.24. The Morgan fingerprint density at radius 1 is 1.21 bits per heavy atom. The van der Waals surface area contributed by atoms with E-state index in [1.165, 1.54) is 0 Å². The summed E-state index contributed by atoms with van der Waals surface area (Å²) in [7, 11) is 0. The molecule has 0 radical (unpaired) electrons. The summed E-state index contributed by atoms with van der Waals surface area (Å²) in [6.45, 7) is 0.0901. The standard InChI is InChI=1S/C12H12Cl2N2O3/c13-6-1-8-9(2-7(6)14)16(5-15-8)12-3-10(17)11(18)4-19-12/h1-2,5,10-12,17-18H,3-4H2/t10-,11+,12?/m1/s1. The van der Waals surface area contributed by atoms with Gasteiger partial charge < -0.3 is 19.5 Å². The van der Waals surface area contributed by atoms with Gasteiger partial charge in [0.25, 0.3) is 0 Å². The van der Waals surface area contributed by atoms with E-state index >= 15 is 0 Å². The molecule has 2 N–H and O–H groups in total. The lowest BCUT2D eigenvalue weighted by Gasteiger charge is -2.31. The molecular weight excluding hydrogens is 291 g/mol. The van der Waals surface area contributed by atoms with Gasteiger partial charge in [-0.3, -0.25) is 0 Å². The van der Waals surface area contributed by atoms with Crippen LogP contribution in [0.4, 0.5) is 0 Å². The molecule has 0 aliphatic carbocycles. The van der Waals surface area contributed by atoms with Gasteiger partial charge in [-0.15, -0.1) is 0 Å². The summed E-state index contributed by atoms with van der Waals surface area (Å²) in [6, 6.07) is 3.40. The van der Waals surface area contributed by atoms with Crippen LogP contribution >= 0.6 is 23.2 Å². The van der Waals surface area contributed by atoms with Crippen LogP contribution in [0.25, 0.3) is 11.0 Å². The van der Waals surface area contributed by atoms with Crippen molar-refractivity contribution < 1.29 is 14.9 Å². The molecule has 102 valence electrons. The average molecular weight is 303 g/mol. The molecule has 1 aliphatic heterocycles. The van der Waals surface area contributed by atoms with Crippen LogP contribution in [0.3, 0.4) is 0 Å². The molecular formula is C12H12Cl2N2O3. The van der Waals surface area contributed by atoms with Crippen LogP contribution in [0.1, 0.15) is 12.6 Å². The molecule has 1 unspecified atom stereocenters. The number of imidazole rings is 1. The third-order valence-corrected chi connectivity index (χ3v) is 4.00. The lowest BCUT2D eigenvalue weighted by molar-refractivity contribution is -0.144. The Morgan fingerprint density at radius 2 is 1.95 bits per heavy atom. The minimum Gasteiger partial charge on any atom is -0.390 e. The normalized spacial score (nSPS) is 27.9. The smallest absolute Gasteiger partial charge is 0.138 e. The van der Waals surface area contributed by atoms with Crippen LogP contribution < -0.4 is 0 Å². The number of hydrogen-bond acceptors (Lipinski definition) is 4. The zero-order valence-corrected chi connectivity index (χ0v) is 11.3. The van der Waals surface area contributed by atoms with Gasteiger partial charge in [0.15, 0.2) is 0 Å². The Hall–Kier alpha value is -0.850. The summed E-state index contributed by atoms with van der Waals surface area (Å²) in [5.41, 5.74) is 1.49. The summed E-state index contributed by atoms with van der Waals surface area (Å²) < 4.78 is 7.30. The van der Waals surface area contributed by atoms with Crippen molar-refractivity contribution in [1.82, 2.24) is 9.55 Å². The number of halogens is 2. The summed E-state index contributed by atoms with van der Waals surface area (Å²) in [5.74, 6) is 0. The third kappa shape index (κ3) is 2.32. The van der Waals surface area contributed by atoms with E-state index in [1.807, 2.05) is 0 Å². The van der Waals surface area contributed by atoms with Crippen molar-refractivity contribution in [3.05, 3.63) is 28.5 Å². The number of aromatic nitrogens is 2. The van der Waals surface area contributed by atoms with E-state index < -0.39 is 12.2 Å². The van der Waals surface area contributed by atoms with Gasteiger partial charge in [-0.05, 0) is 12.1 Å². The number of ether oxygens (including phenoxy) is 1. The highest BCUT2D eigenvalue weighted by Gasteiger charge is 2.30. The summed E-state index contributed by atoms with van der Waals surface area (Å²) in [5, 5.41) is 20.0. The molecule has 1 fully saturated rings. The van der Waals surface area contributed by atoms with Crippen LogP contribution in [0.5, 0.6) is 0 Å². The lowest BCUT2D eigenvalue weighted by atomic mass is 10.1. The molecule has 1 aliphatic rings. The molecule has 2 aromatic rings. The van der Waals surface area contributed by atoms with Crippen molar-refractivity contribution in [2.24, 2.45) is 0 Å². The van der Waals surface area contributed by atoms with Crippen LogP contribution in [0.2, 0.25) is 10.0 Å². The SMILES string of the molecule is O[C@@H]1CC(n2cnc3cc(Cl)c(Cl)cc32)OC[C@@H]1O. The molecule has 0 amide bonds. The Morgan fingerprint density at radius 3 is 2.68 bits per heavy atom. The van der Waals surface area contributed by atoms with E-state index in [4.69, 9.17) is 27.9 Å². The van der Waals surface area contributed by atoms with E-state index in [2.05, 4.69) is 4.98 Å². The van der Waals surface area contributed by atoms with Crippen molar-refractivity contribution in [1.29, 1.82) is 0 Å². The average Bonchev–Trinajstić information content (AvgIpc) is 2.76. The van der Waals surface area contributed by atoms with E-state index in [1.54, 1.807) is 23.0 Å². The first-order valence-corrected chi connectivity index (χ1v) is 6.61. The first-order chi connectivity index (χ1) is 9.06. The second-order valence-corrected chi connectivity index (χ2v) is 5.38. The lowest BCUT2D eigenvalue weighted by Crippen LogP contribution is -2.39. The highest BCUT2D eigenvalue weighted by Crippen LogP contribution is 2.31. The molecule has 19 heavy (non-hydrogen) atoms. The maximum Gasteiger partial charge on any atom is 0.138 e. The second-order valence-electron chi connectivity index (χ2n) is 4.57. The molecule has 0 saturated carbocycles. The predicted molar refractivity (Wildman–Crippen MR) is 71.4 cm³/mol. The Labute approximate surface area is 119 Å². The van der Waals surface area contributed by atoms with Crippen molar-refractivity contribution in [2.45, 2.75) is 24.9 Å². The predicted octanol–water partition coefficient (Wildman–Crippen LogP) is 1.98. The molecule has 5 nitrogen and oxygen atoms in total. The minimum atomic E-state index is -0.843. The zero-order chi connectivity index (χ0) is 13.6. The van der Waals surface area contributed by atoms with Gasteiger partial charge in [0, 0.05) is 6.42 Å². The van der Waals surface area contributed by atoms with Gasteiger partial charge in [-0.25, -0.2) is 4.98 Å². The van der Waals surface area contributed by atoms with Gasteiger partial charge in [-0.1, -0.05) is 23.2 Å². The first kappa shape index (κ1) is 13.1. The fourth-order valence-corrected chi connectivity index (χ4v) is 2.51. The highest BCUT2D eigenvalue weighted by molar-refractivity contribution is 6.42. The third-order valence-electron chi connectivity index (χ3n) is 3.27. The summed E-state index contributed by atoms with van der Waals surface area (Å²) >= 11 is 11.9. The monoisotopic (exact) mass is 302 g/mol. The van der Waals surface area contributed by atoms with Gasteiger partial charge >= 0.3 is 0 Å². The van der Waals surface area contributed by atoms with Crippen molar-refractivity contribution in [3.63, 3.8) is 0 Å². The van der Waals surface area contributed by atoms with Crippen molar-refractivity contribution in [3.8, 4) is 0 Å². The first-order valence-electron chi connectivity index (χ1n) is 5.85. The van der Waals surface area contributed by atoms with Crippen LogP contribution in [0.15, 0.2) is 18.5 Å². The molecule has 2 heterocycles. The van der Waals surface area contributed by atoms with E-state index in [-0.39, 0.29) is 12.8 Å². The maximum atomic E-state index is 9.71. The molecule has 0 spiro atoms. The number of nitrogens with zero attached hydrogens (tertiary/aromatic N) is 2. The molecule has 3 atom stereocenters. The number of fused-ring (bicyclic) bond motifs is 1. The number of aliphatic hydroxyl groups excluding tert-OH is 2. The van der Waals surface area contributed by atoms with Gasteiger partial charge in [0.05, 0.1) is 40.1 Å². The van der Waals surface area contributed by atoms with Gasteiger partial charge in [-0.2, -0.15) is 0 Å². The zero-order valence-electron chi connectivity index (χ0n) is 9.83. The highest BCUT2D eigenvalue weighted by atomic mass is 35.5. The molecule has 1 saturated heterocycles. The Bertz CT molecular complexity index is 616. The van der Waals surface area contributed by atoms with E-state index in [0.717, 1.165) is 5.52 Å². The fourth-order valence-electron chi connectivity index (χ4n) is 2.20. The summed E-state index contributed by atoms with van der Waals surface area (Å²) in [6.07, 6.45) is -0.108. The molecule has 7 heteroatoms. The number of rotatable bonds is 1. The quantitative estimate of drug-likeness (QED) is 0.845. The molecule has 1 aromatic carbocycles. The Balaban J connectivity index is 1.99. The van der Waals surface area contributed by atoms with Gasteiger partial charge in [0.1, 0.15) is 12.3 Å². The topological polar surface area (TPSA) is 67.5 Å². The fraction of sp³-hybridized carbons (Fsp3) is 0.417. The molecule has 3 rings (SSSR count). The van der Waals surface area contributed by atoms with Crippen molar-refractivity contribution >= 4 is 34.2 Å². The number of hydrogen-bond donors (Lipinski definition) is 2. The molecule has 1 aromatic heterocycles. The molecule has 0 bridgehead atoms. The van der Waals surface area contributed by atoms with E-state index in [9.17, 15) is 10.2 Å². The maximum absolute atomic E-state index is 9.71. The van der Waals surface area contributed by atoms with Crippen molar-refractivity contribution in [2.75, 3.05) is 6.61 Å². The van der Waals surface area contributed by atoms with E-state index in [0.29, 0.717) is 22.0 Å². The minimum absolute atomic E-state index is 0.0901.